The molecule has 2 heterocycles. The van der Waals surface area contributed by atoms with Crippen LogP contribution in [0, 0.1) is 0 Å². The normalized spacial score (nSPS) is 11.5. The van der Waals surface area contributed by atoms with Gasteiger partial charge >= 0.3 is 0 Å². The highest BCUT2D eigenvalue weighted by Gasteiger charge is 2.12. The van der Waals surface area contributed by atoms with Gasteiger partial charge in [-0.25, -0.2) is 9.97 Å². The van der Waals surface area contributed by atoms with Crippen molar-refractivity contribution >= 4 is 45.6 Å². The molecule has 0 aliphatic carbocycles. The third-order valence-corrected chi connectivity index (χ3v) is 6.63. The van der Waals surface area contributed by atoms with Crippen LogP contribution >= 0.6 is 23.5 Å². The lowest BCUT2D eigenvalue weighted by molar-refractivity contribution is 0.718. The van der Waals surface area contributed by atoms with Gasteiger partial charge in [0, 0.05) is 0 Å². The number of benzene rings is 3. The molecule has 3 aromatic carbocycles. The quantitative estimate of drug-likeness (QED) is 0.313. The second kappa shape index (κ2) is 8.20. The summed E-state index contributed by atoms with van der Waals surface area (Å²) >= 11 is 3.38. The fourth-order valence-corrected chi connectivity index (χ4v) is 5.06. The number of fused-ring (bicyclic) bond motifs is 2. The molecule has 0 saturated carbocycles. The highest BCUT2D eigenvalue weighted by molar-refractivity contribution is 7.98. The Labute approximate surface area is 184 Å². The number of rotatable bonds is 6. The molecule has 0 fully saturated rings. The van der Waals surface area contributed by atoms with Crippen molar-refractivity contribution in [2.75, 3.05) is 12.5 Å². The second-order valence-corrected chi connectivity index (χ2v) is 8.71. The van der Waals surface area contributed by atoms with Crippen molar-refractivity contribution in [2.45, 2.75) is 23.4 Å². The molecule has 0 saturated heterocycles. The Morgan fingerprint density at radius 3 is 1.57 bits per heavy atom. The SMILES string of the molecule is CSc1nc2ccccc2n1Cc1cccc(Cn2c(SC)nc3ccccc32)c1. The van der Waals surface area contributed by atoms with Crippen LogP contribution in [0.15, 0.2) is 83.1 Å². The van der Waals surface area contributed by atoms with Crippen molar-refractivity contribution in [3.63, 3.8) is 0 Å². The van der Waals surface area contributed by atoms with Gasteiger partial charge in [-0.15, -0.1) is 0 Å². The van der Waals surface area contributed by atoms with Crippen LogP contribution in [0.1, 0.15) is 11.1 Å². The van der Waals surface area contributed by atoms with Crippen LogP contribution in [-0.2, 0) is 13.1 Å². The van der Waals surface area contributed by atoms with E-state index in [1.807, 2.05) is 12.1 Å². The molecule has 30 heavy (non-hydrogen) atoms. The molecule has 0 aliphatic rings. The Morgan fingerprint density at radius 1 is 0.633 bits per heavy atom. The van der Waals surface area contributed by atoms with Gasteiger partial charge in [0.1, 0.15) is 0 Å². The van der Waals surface area contributed by atoms with E-state index in [1.54, 1.807) is 23.5 Å². The Kier molecular flexibility index (Phi) is 5.27. The molecule has 2 aromatic heterocycles. The van der Waals surface area contributed by atoms with E-state index < -0.39 is 0 Å². The topological polar surface area (TPSA) is 35.6 Å². The summed E-state index contributed by atoms with van der Waals surface area (Å²) in [5.41, 5.74) is 7.01. The van der Waals surface area contributed by atoms with Gasteiger partial charge in [0.15, 0.2) is 10.3 Å². The van der Waals surface area contributed by atoms with Crippen molar-refractivity contribution in [1.82, 2.24) is 19.1 Å². The van der Waals surface area contributed by atoms with E-state index in [9.17, 15) is 0 Å². The Balaban J connectivity index is 1.49. The summed E-state index contributed by atoms with van der Waals surface area (Å²) in [6.45, 7) is 1.62. The van der Waals surface area contributed by atoms with Crippen molar-refractivity contribution in [3.05, 3.63) is 83.9 Å². The predicted octanol–water partition coefficient (Wildman–Crippen LogP) is 5.93. The molecule has 0 spiro atoms. The van der Waals surface area contributed by atoms with Crippen molar-refractivity contribution in [1.29, 1.82) is 0 Å². The van der Waals surface area contributed by atoms with Gasteiger partial charge in [0.05, 0.1) is 35.2 Å². The zero-order valence-electron chi connectivity index (χ0n) is 16.9. The van der Waals surface area contributed by atoms with Crippen LogP contribution < -0.4 is 0 Å². The van der Waals surface area contributed by atoms with Gasteiger partial charge in [0.2, 0.25) is 0 Å². The van der Waals surface area contributed by atoms with E-state index in [0.717, 1.165) is 34.4 Å². The van der Waals surface area contributed by atoms with E-state index in [-0.39, 0.29) is 0 Å². The minimum atomic E-state index is 0.810. The highest BCUT2D eigenvalue weighted by Crippen LogP contribution is 2.26. The first-order valence-electron chi connectivity index (χ1n) is 9.83. The van der Waals surface area contributed by atoms with E-state index in [4.69, 9.17) is 9.97 Å². The molecule has 0 aliphatic heterocycles. The Hall–Kier alpha value is -2.70. The lowest BCUT2D eigenvalue weighted by atomic mass is 10.1. The first kappa shape index (κ1) is 19.3. The third kappa shape index (κ3) is 3.50. The lowest BCUT2D eigenvalue weighted by Gasteiger charge is -2.11. The molecule has 6 heteroatoms. The fourth-order valence-electron chi connectivity index (χ4n) is 3.92. The van der Waals surface area contributed by atoms with Gasteiger partial charge in [-0.1, -0.05) is 72.1 Å². The molecular formula is C24H22N4S2. The maximum atomic E-state index is 4.78. The van der Waals surface area contributed by atoms with Crippen LogP contribution in [0.5, 0.6) is 0 Å². The van der Waals surface area contributed by atoms with Crippen LogP contribution in [0.4, 0.5) is 0 Å². The minimum absolute atomic E-state index is 0.810. The van der Waals surface area contributed by atoms with Gasteiger partial charge in [-0.2, -0.15) is 0 Å². The number of nitrogens with zero attached hydrogens (tertiary/aromatic N) is 4. The molecule has 5 aromatic rings. The molecular weight excluding hydrogens is 408 g/mol. The van der Waals surface area contributed by atoms with Gasteiger partial charge < -0.3 is 9.13 Å². The molecule has 150 valence electrons. The lowest BCUT2D eigenvalue weighted by Crippen LogP contribution is -2.04. The average Bonchev–Trinajstić information content (AvgIpc) is 3.32. The Morgan fingerprint density at radius 2 is 1.10 bits per heavy atom. The molecule has 0 amide bonds. The first-order valence-corrected chi connectivity index (χ1v) is 12.3. The maximum Gasteiger partial charge on any atom is 0.169 e. The van der Waals surface area contributed by atoms with Gasteiger partial charge in [-0.05, 0) is 47.9 Å². The predicted molar refractivity (Wildman–Crippen MR) is 128 cm³/mol. The summed E-state index contributed by atoms with van der Waals surface area (Å²) < 4.78 is 4.61. The first-order chi connectivity index (χ1) is 14.8. The van der Waals surface area contributed by atoms with E-state index in [2.05, 4.69) is 82.3 Å². The fraction of sp³-hybridized carbons (Fsp3) is 0.167. The molecule has 0 bridgehead atoms. The van der Waals surface area contributed by atoms with Crippen LogP contribution in [0.2, 0.25) is 0 Å². The molecule has 5 rings (SSSR count). The molecule has 4 nitrogen and oxygen atoms in total. The summed E-state index contributed by atoms with van der Waals surface area (Å²) in [6.07, 6.45) is 4.17. The van der Waals surface area contributed by atoms with Crippen LogP contribution in [0.3, 0.4) is 0 Å². The summed E-state index contributed by atoms with van der Waals surface area (Å²) in [5.74, 6) is 0. The number of para-hydroxylation sites is 4. The second-order valence-electron chi connectivity index (χ2n) is 7.17. The zero-order valence-corrected chi connectivity index (χ0v) is 18.6. The number of hydrogen-bond acceptors (Lipinski definition) is 4. The van der Waals surface area contributed by atoms with E-state index in [1.165, 1.54) is 22.2 Å². The van der Waals surface area contributed by atoms with Crippen molar-refractivity contribution in [3.8, 4) is 0 Å². The number of hydrogen-bond donors (Lipinski definition) is 0. The zero-order chi connectivity index (χ0) is 20.5. The van der Waals surface area contributed by atoms with E-state index in [0.29, 0.717) is 0 Å². The summed E-state index contributed by atoms with van der Waals surface area (Å²) in [7, 11) is 0. The van der Waals surface area contributed by atoms with Gasteiger partial charge in [0.25, 0.3) is 0 Å². The highest BCUT2D eigenvalue weighted by atomic mass is 32.2. The molecule has 0 radical (unpaired) electrons. The smallest absolute Gasteiger partial charge is 0.169 e. The van der Waals surface area contributed by atoms with Gasteiger partial charge in [-0.3, -0.25) is 0 Å². The summed E-state index contributed by atoms with van der Waals surface area (Å²) in [5, 5.41) is 2.10. The minimum Gasteiger partial charge on any atom is -0.314 e. The molecule has 0 N–H and O–H groups in total. The largest absolute Gasteiger partial charge is 0.314 e. The van der Waals surface area contributed by atoms with Crippen molar-refractivity contribution in [2.24, 2.45) is 0 Å². The number of thioether (sulfide) groups is 2. The molecule has 0 unspecified atom stereocenters. The average molecular weight is 431 g/mol. The third-order valence-electron chi connectivity index (χ3n) is 5.28. The summed E-state index contributed by atoms with van der Waals surface area (Å²) in [4.78, 5) is 9.56. The monoisotopic (exact) mass is 430 g/mol. The number of aromatic nitrogens is 4. The maximum absolute atomic E-state index is 4.78. The van der Waals surface area contributed by atoms with E-state index >= 15 is 0 Å². The van der Waals surface area contributed by atoms with Crippen molar-refractivity contribution < 1.29 is 0 Å². The number of imidazole rings is 2. The standard InChI is InChI=1S/C24H22N4S2/c1-29-23-25-19-10-3-5-12-21(19)27(23)15-17-8-7-9-18(14-17)16-28-22-13-6-4-11-20(22)26-24(28)30-2/h3-14H,15-16H2,1-2H3. The molecule has 0 atom stereocenters. The Bertz CT molecular complexity index is 1240. The summed E-state index contributed by atoms with van der Waals surface area (Å²) in [6, 6.07) is 25.6. The van der Waals surface area contributed by atoms with Crippen LogP contribution in [0.25, 0.3) is 22.1 Å². The van der Waals surface area contributed by atoms with Crippen LogP contribution in [-0.4, -0.2) is 31.6 Å².